The van der Waals surface area contributed by atoms with Crippen LogP contribution in [-0.2, 0) is 17.8 Å². The number of nitrogens with zero attached hydrogens (tertiary/aromatic N) is 2. The van der Waals surface area contributed by atoms with E-state index in [0.717, 1.165) is 62.0 Å². The number of imidazole rings is 1. The lowest BCUT2D eigenvalue weighted by Crippen LogP contribution is -2.31. The van der Waals surface area contributed by atoms with Crippen molar-refractivity contribution in [1.29, 1.82) is 0 Å². The van der Waals surface area contributed by atoms with Gasteiger partial charge >= 0.3 is 0 Å². The van der Waals surface area contributed by atoms with Crippen molar-refractivity contribution in [2.75, 3.05) is 27.4 Å². The van der Waals surface area contributed by atoms with Crippen molar-refractivity contribution >= 4 is 0 Å². The molecule has 1 atom stereocenters. The maximum absolute atomic E-state index is 5.84. The molecule has 1 aromatic heterocycles. The van der Waals surface area contributed by atoms with Crippen molar-refractivity contribution in [3.63, 3.8) is 0 Å². The Labute approximate surface area is 149 Å². The first-order valence-corrected chi connectivity index (χ1v) is 8.73. The van der Waals surface area contributed by atoms with E-state index in [2.05, 4.69) is 27.9 Å². The number of hydrogen-bond acceptors (Lipinski definition) is 5. The maximum Gasteiger partial charge on any atom is 0.161 e. The van der Waals surface area contributed by atoms with E-state index in [9.17, 15) is 0 Å². The minimum absolute atomic E-state index is 0.305. The van der Waals surface area contributed by atoms with Crippen LogP contribution < -0.4 is 9.47 Å². The number of rotatable bonds is 8. The van der Waals surface area contributed by atoms with E-state index in [0.29, 0.717) is 6.10 Å². The molecule has 1 saturated heterocycles. The van der Waals surface area contributed by atoms with Crippen LogP contribution in [-0.4, -0.2) is 48.3 Å². The van der Waals surface area contributed by atoms with Crippen molar-refractivity contribution < 1.29 is 14.2 Å². The monoisotopic (exact) mass is 345 g/mol. The fourth-order valence-corrected chi connectivity index (χ4v) is 3.26. The number of aromatic amines is 1. The Morgan fingerprint density at radius 3 is 2.72 bits per heavy atom. The topological polar surface area (TPSA) is 59.6 Å². The van der Waals surface area contributed by atoms with Gasteiger partial charge in [0, 0.05) is 31.9 Å². The number of benzene rings is 1. The van der Waals surface area contributed by atoms with Gasteiger partial charge in [0.2, 0.25) is 0 Å². The summed E-state index contributed by atoms with van der Waals surface area (Å²) < 4.78 is 16.6. The molecule has 6 heteroatoms. The first-order chi connectivity index (χ1) is 12.2. The van der Waals surface area contributed by atoms with Gasteiger partial charge in [-0.1, -0.05) is 6.07 Å². The molecule has 0 radical (unpaired) electrons. The third-order valence-corrected chi connectivity index (χ3v) is 4.65. The van der Waals surface area contributed by atoms with Crippen LogP contribution in [0.1, 0.15) is 29.8 Å². The average Bonchev–Trinajstić information content (AvgIpc) is 3.27. The van der Waals surface area contributed by atoms with Gasteiger partial charge in [0.1, 0.15) is 0 Å². The molecule has 25 heavy (non-hydrogen) atoms. The first-order valence-electron chi connectivity index (χ1n) is 8.73. The number of hydrogen-bond donors (Lipinski definition) is 1. The molecule has 0 bridgehead atoms. The van der Waals surface area contributed by atoms with Gasteiger partial charge in [-0.3, -0.25) is 4.90 Å². The number of H-pyrrole nitrogens is 1. The second-order valence-corrected chi connectivity index (χ2v) is 6.47. The molecule has 1 aliphatic heterocycles. The molecule has 2 aromatic rings. The van der Waals surface area contributed by atoms with E-state index < -0.39 is 0 Å². The summed E-state index contributed by atoms with van der Waals surface area (Å²) in [6.07, 6.45) is 4.34. The molecule has 3 rings (SSSR count). The maximum atomic E-state index is 5.84. The third-order valence-electron chi connectivity index (χ3n) is 4.65. The van der Waals surface area contributed by atoms with Crippen LogP contribution in [0.25, 0.3) is 0 Å². The minimum Gasteiger partial charge on any atom is -0.493 e. The highest BCUT2D eigenvalue weighted by atomic mass is 16.5. The van der Waals surface area contributed by atoms with E-state index in [1.54, 1.807) is 20.5 Å². The van der Waals surface area contributed by atoms with Gasteiger partial charge in [-0.25, -0.2) is 4.98 Å². The summed E-state index contributed by atoms with van der Waals surface area (Å²) in [7, 11) is 3.32. The normalized spacial score (nSPS) is 17.2. The average molecular weight is 345 g/mol. The molecule has 2 heterocycles. The lowest BCUT2D eigenvalue weighted by atomic mass is 10.1. The quantitative estimate of drug-likeness (QED) is 0.797. The van der Waals surface area contributed by atoms with Gasteiger partial charge in [-0.05, 0) is 37.5 Å². The molecule has 1 N–H and O–H groups in total. The Morgan fingerprint density at radius 2 is 2.08 bits per heavy atom. The van der Waals surface area contributed by atoms with Gasteiger partial charge < -0.3 is 19.2 Å². The summed E-state index contributed by atoms with van der Waals surface area (Å²) in [5.41, 5.74) is 3.38. The van der Waals surface area contributed by atoms with E-state index in [1.165, 1.54) is 5.56 Å². The first kappa shape index (κ1) is 17.8. The van der Waals surface area contributed by atoms with Crippen LogP contribution in [0.15, 0.2) is 24.5 Å². The fourth-order valence-electron chi connectivity index (χ4n) is 3.26. The molecule has 0 spiro atoms. The van der Waals surface area contributed by atoms with Crippen molar-refractivity contribution in [2.24, 2.45) is 0 Å². The molecule has 1 unspecified atom stereocenters. The van der Waals surface area contributed by atoms with Gasteiger partial charge in [0.15, 0.2) is 11.5 Å². The Kier molecular flexibility index (Phi) is 5.94. The van der Waals surface area contributed by atoms with E-state index in [4.69, 9.17) is 14.2 Å². The summed E-state index contributed by atoms with van der Waals surface area (Å²) in [5, 5.41) is 0. The summed E-state index contributed by atoms with van der Waals surface area (Å²) in [6.45, 7) is 5.44. The van der Waals surface area contributed by atoms with Gasteiger partial charge in [0.05, 0.1) is 32.3 Å². The van der Waals surface area contributed by atoms with E-state index in [1.807, 2.05) is 12.1 Å². The summed E-state index contributed by atoms with van der Waals surface area (Å²) in [5.74, 6) is 1.51. The Hall–Kier alpha value is -2.05. The van der Waals surface area contributed by atoms with Crippen LogP contribution in [0.5, 0.6) is 11.5 Å². The predicted molar refractivity (Wildman–Crippen MR) is 96.0 cm³/mol. The molecule has 0 saturated carbocycles. The molecule has 0 amide bonds. The number of methoxy groups -OCH3 is 2. The largest absolute Gasteiger partial charge is 0.493 e. The number of aryl methyl sites for hydroxylation is 1. The number of nitrogens with one attached hydrogen (secondary N) is 1. The molecule has 0 aliphatic carbocycles. The van der Waals surface area contributed by atoms with Crippen LogP contribution in [0, 0.1) is 6.92 Å². The zero-order valence-corrected chi connectivity index (χ0v) is 15.2. The van der Waals surface area contributed by atoms with Crippen molar-refractivity contribution in [1.82, 2.24) is 14.9 Å². The molecule has 6 nitrogen and oxygen atoms in total. The highest BCUT2D eigenvalue weighted by molar-refractivity contribution is 5.42. The van der Waals surface area contributed by atoms with Crippen LogP contribution >= 0.6 is 0 Å². The summed E-state index contributed by atoms with van der Waals surface area (Å²) >= 11 is 0. The molecule has 136 valence electrons. The zero-order chi connectivity index (χ0) is 17.6. The van der Waals surface area contributed by atoms with Crippen LogP contribution in [0.3, 0.4) is 0 Å². The highest BCUT2D eigenvalue weighted by Crippen LogP contribution is 2.28. The Morgan fingerprint density at radius 1 is 1.24 bits per heavy atom. The molecular formula is C19H27N3O3. The smallest absolute Gasteiger partial charge is 0.161 e. The lowest BCUT2D eigenvalue weighted by molar-refractivity contribution is 0.0674. The van der Waals surface area contributed by atoms with Crippen molar-refractivity contribution in [3.8, 4) is 11.5 Å². The van der Waals surface area contributed by atoms with Gasteiger partial charge in [-0.2, -0.15) is 0 Å². The van der Waals surface area contributed by atoms with E-state index in [-0.39, 0.29) is 0 Å². The Balaban J connectivity index is 1.75. The van der Waals surface area contributed by atoms with Crippen LogP contribution in [0.2, 0.25) is 0 Å². The summed E-state index contributed by atoms with van der Waals surface area (Å²) in [4.78, 5) is 10.00. The minimum atomic E-state index is 0.305. The van der Waals surface area contributed by atoms with Crippen LogP contribution in [0.4, 0.5) is 0 Å². The number of aromatic nitrogens is 2. The highest BCUT2D eigenvalue weighted by Gasteiger charge is 2.21. The van der Waals surface area contributed by atoms with Crippen molar-refractivity contribution in [3.05, 3.63) is 41.5 Å². The second kappa shape index (κ2) is 8.36. The fraction of sp³-hybridized carbons (Fsp3) is 0.526. The summed E-state index contributed by atoms with van der Waals surface area (Å²) in [6, 6.07) is 6.08. The molecule has 1 aromatic carbocycles. The molecule has 1 aliphatic rings. The predicted octanol–water partition coefficient (Wildman–Crippen LogP) is 2.92. The van der Waals surface area contributed by atoms with Gasteiger partial charge in [0.25, 0.3) is 0 Å². The SMILES string of the molecule is COc1ccc(CN(Cc2nc[nH]c2C)CC2CCCO2)cc1OC. The molecular weight excluding hydrogens is 318 g/mol. The second-order valence-electron chi connectivity index (χ2n) is 6.47. The van der Waals surface area contributed by atoms with E-state index >= 15 is 0 Å². The molecule has 1 fully saturated rings. The third kappa shape index (κ3) is 4.52. The lowest BCUT2D eigenvalue weighted by Gasteiger charge is -2.25. The zero-order valence-electron chi connectivity index (χ0n) is 15.2. The number of ether oxygens (including phenoxy) is 3. The Bertz CT molecular complexity index is 680. The van der Waals surface area contributed by atoms with Gasteiger partial charge in [-0.15, -0.1) is 0 Å². The van der Waals surface area contributed by atoms with Crippen molar-refractivity contribution in [2.45, 2.75) is 39.0 Å². The standard InChI is InChI=1S/C19H27N3O3/c1-14-17(21-13-20-14)12-22(11-16-5-4-8-25-16)10-15-6-7-18(23-2)19(9-15)24-3/h6-7,9,13,16H,4-5,8,10-12H2,1-3H3,(H,20,21).